The Hall–Kier alpha value is -0.890. The van der Waals surface area contributed by atoms with Crippen molar-refractivity contribution in [2.24, 2.45) is 16.2 Å². The normalized spacial score (nSPS) is 26.3. The Morgan fingerprint density at radius 1 is 0.731 bits per heavy atom. The highest BCUT2D eigenvalue weighted by Gasteiger charge is 2.79. The van der Waals surface area contributed by atoms with E-state index in [1.54, 1.807) is 0 Å². The zero-order valence-electron chi connectivity index (χ0n) is 16.7. The van der Waals surface area contributed by atoms with Gasteiger partial charge in [0.15, 0.2) is 22.8 Å². The summed E-state index contributed by atoms with van der Waals surface area (Å²) in [5, 5.41) is 0. The Bertz CT molecular complexity index is 592. The first kappa shape index (κ1) is 21.4. The first-order chi connectivity index (χ1) is 12.3. The Kier molecular flexibility index (Phi) is 6.27. The van der Waals surface area contributed by atoms with Gasteiger partial charge in [0.25, 0.3) is 0 Å². The molecule has 0 radical (unpaired) electrons. The summed E-state index contributed by atoms with van der Waals surface area (Å²) in [7, 11) is 2.48. The van der Waals surface area contributed by atoms with E-state index in [2.05, 4.69) is 9.24 Å². The first-order valence-corrected chi connectivity index (χ1v) is 10.9. The average molecular weight is 380 g/mol. The maximum absolute atomic E-state index is 13.7. The molecule has 146 valence electrons. The maximum atomic E-state index is 13.7. The van der Waals surface area contributed by atoms with E-state index in [4.69, 9.17) is 0 Å². The van der Waals surface area contributed by atoms with Crippen molar-refractivity contribution in [3.8, 4) is 0 Å². The lowest BCUT2D eigenvalue weighted by atomic mass is 9.40. The average Bonchev–Trinajstić information content (AvgIpc) is 2.60. The largest absolute Gasteiger partial charge is 0.299 e. The number of ketones is 4. The number of Topliss-reactive ketones (excluding diaryl/α,β-unsaturated/α-hetero) is 4. The van der Waals surface area contributed by atoms with Crippen LogP contribution in [0.3, 0.4) is 0 Å². The van der Waals surface area contributed by atoms with E-state index in [1.165, 1.54) is 0 Å². The van der Waals surface area contributed by atoms with Crippen LogP contribution in [0, 0.1) is 16.2 Å². The van der Waals surface area contributed by atoms with Gasteiger partial charge in [-0.1, -0.05) is 53.4 Å². The number of rotatable bonds is 8. The smallest absolute Gasteiger partial charge is 0.168 e. The molecule has 0 amide bonds. The van der Waals surface area contributed by atoms with E-state index in [9.17, 15) is 19.2 Å². The molecule has 2 aliphatic rings. The second-order valence-corrected chi connectivity index (χ2v) is 9.00. The quantitative estimate of drug-likeness (QED) is 0.470. The van der Waals surface area contributed by atoms with Gasteiger partial charge in [-0.3, -0.25) is 19.2 Å². The third kappa shape index (κ3) is 2.51. The molecular weight excluding hydrogens is 347 g/mol. The fourth-order valence-electron chi connectivity index (χ4n) is 5.58. The summed E-state index contributed by atoms with van der Waals surface area (Å²) in [6.07, 6.45) is 4.86. The molecule has 0 aromatic heterocycles. The van der Waals surface area contributed by atoms with Gasteiger partial charge in [0, 0.05) is 12.1 Å². The maximum Gasteiger partial charge on any atom is 0.168 e. The summed E-state index contributed by atoms with van der Waals surface area (Å²) in [5.41, 5.74) is -4.33. The van der Waals surface area contributed by atoms with Crippen molar-refractivity contribution < 1.29 is 19.2 Å². The van der Waals surface area contributed by atoms with Gasteiger partial charge in [0.1, 0.15) is 5.78 Å². The molecule has 0 N–H and O–H groups in total. The molecule has 0 aromatic carbocycles. The lowest BCUT2D eigenvalue weighted by Gasteiger charge is -2.58. The van der Waals surface area contributed by atoms with Gasteiger partial charge in [0.05, 0.1) is 10.8 Å². The van der Waals surface area contributed by atoms with Gasteiger partial charge in [0.2, 0.25) is 0 Å². The van der Waals surface area contributed by atoms with Crippen LogP contribution in [0.25, 0.3) is 0 Å². The highest BCUT2D eigenvalue weighted by Crippen LogP contribution is 2.62. The Labute approximate surface area is 159 Å². The molecular formula is C21H33O4P. The highest BCUT2D eigenvalue weighted by molar-refractivity contribution is 7.18. The van der Waals surface area contributed by atoms with Crippen molar-refractivity contribution in [3.63, 3.8) is 0 Å². The molecule has 0 saturated heterocycles. The molecule has 2 atom stereocenters. The molecule has 2 unspecified atom stereocenters. The second-order valence-electron chi connectivity index (χ2n) is 8.19. The third-order valence-corrected chi connectivity index (χ3v) is 7.32. The molecule has 2 fully saturated rings. The second kappa shape index (κ2) is 7.62. The molecule has 2 aliphatic carbocycles. The van der Waals surface area contributed by atoms with Crippen molar-refractivity contribution >= 4 is 32.4 Å². The molecule has 4 nitrogen and oxygen atoms in total. The Morgan fingerprint density at radius 3 is 1.46 bits per heavy atom. The van der Waals surface area contributed by atoms with E-state index < -0.39 is 21.9 Å². The Balaban J connectivity index is 2.57. The van der Waals surface area contributed by atoms with Crippen molar-refractivity contribution in [1.82, 2.24) is 0 Å². The molecule has 0 aromatic rings. The zero-order valence-corrected chi connectivity index (χ0v) is 17.8. The van der Waals surface area contributed by atoms with E-state index in [-0.39, 0.29) is 29.6 Å². The van der Waals surface area contributed by atoms with Crippen LogP contribution in [0.15, 0.2) is 0 Å². The lowest BCUT2D eigenvalue weighted by molar-refractivity contribution is -0.182. The number of carbonyl (C=O) groups excluding carboxylic acids is 4. The molecule has 2 rings (SSSR count). The summed E-state index contributed by atoms with van der Waals surface area (Å²) < 4.78 is 0. The monoisotopic (exact) mass is 380 g/mol. The number of carbonyl (C=O) groups is 4. The highest BCUT2D eigenvalue weighted by atomic mass is 31.0. The van der Waals surface area contributed by atoms with Gasteiger partial charge in [-0.15, -0.1) is 9.24 Å². The van der Waals surface area contributed by atoms with Gasteiger partial charge in [-0.25, -0.2) is 0 Å². The van der Waals surface area contributed by atoms with Gasteiger partial charge in [-0.2, -0.15) is 0 Å². The molecule has 2 saturated carbocycles. The molecule has 0 aliphatic heterocycles. The van der Waals surface area contributed by atoms with Gasteiger partial charge < -0.3 is 0 Å². The van der Waals surface area contributed by atoms with E-state index in [0.717, 1.165) is 12.8 Å². The Morgan fingerprint density at radius 2 is 1.08 bits per heavy atom. The van der Waals surface area contributed by atoms with E-state index >= 15 is 0 Å². The molecule has 0 heterocycles. The van der Waals surface area contributed by atoms with E-state index in [0.29, 0.717) is 38.5 Å². The zero-order chi connectivity index (χ0) is 19.8. The first-order valence-electron chi connectivity index (χ1n) is 10.2. The van der Waals surface area contributed by atoms with Crippen LogP contribution in [0.1, 0.15) is 85.5 Å². The minimum Gasteiger partial charge on any atom is -0.299 e. The summed E-state index contributed by atoms with van der Waals surface area (Å²) in [6.45, 7) is 7.82. The molecule has 5 heteroatoms. The topological polar surface area (TPSA) is 68.3 Å². The summed E-state index contributed by atoms with van der Waals surface area (Å²) in [4.78, 5) is 53.6. The van der Waals surface area contributed by atoms with Crippen LogP contribution in [0.4, 0.5) is 0 Å². The lowest BCUT2D eigenvalue weighted by Crippen LogP contribution is -2.77. The minimum atomic E-state index is -1.59. The van der Waals surface area contributed by atoms with Crippen LogP contribution in [-0.2, 0) is 19.2 Å². The number of hydrogen-bond acceptors (Lipinski definition) is 4. The summed E-state index contributed by atoms with van der Waals surface area (Å²) in [6, 6.07) is 0. The van der Waals surface area contributed by atoms with Crippen LogP contribution in [-0.4, -0.2) is 28.8 Å². The fourth-order valence-corrected chi connectivity index (χ4v) is 6.25. The van der Waals surface area contributed by atoms with Gasteiger partial charge in [-0.05, 0) is 25.7 Å². The van der Waals surface area contributed by atoms with Crippen molar-refractivity contribution in [2.45, 2.75) is 91.1 Å². The van der Waals surface area contributed by atoms with Crippen LogP contribution < -0.4 is 0 Å². The predicted octanol–water partition coefficient (Wildman–Crippen LogP) is 4.08. The van der Waals surface area contributed by atoms with Crippen LogP contribution in [0.2, 0.25) is 0 Å². The van der Waals surface area contributed by atoms with Gasteiger partial charge >= 0.3 is 0 Å². The number of hydrogen-bond donors (Lipinski definition) is 0. The third-order valence-electron chi connectivity index (χ3n) is 6.58. The fraction of sp³-hybridized carbons (Fsp3) is 0.810. The minimum absolute atomic E-state index is 0.0825. The van der Waals surface area contributed by atoms with E-state index in [1.807, 2.05) is 27.7 Å². The van der Waals surface area contributed by atoms with Crippen molar-refractivity contribution in [1.29, 1.82) is 0 Å². The summed E-state index contributed by atoms with van der Waals surface area (Å²) >= 11 is 0. The van der Waals surface area contributed by atoms with Crippen molar-refractivity contribution in [2.75, 3.05) is 0 Å². The van der Waals surface area contributed by atoms with Crippen LogP contribution >= 0.6 is 9.24 Å². The van der Waals surface area contributed by atoms with Crippen LogP contribution in [0.5, 0.6) is 0 Å². The molecule has 26 heavy (non-hydrogen) atoms. The SMILES string of the molecule is CCCC1(CCC)C(=O)CC(P)C2(C1=O)C(=O)C(CCC)(CCC)C2=O. The molecule has 0 bridgehead atoms. The summed E-state index contributed by atoms with van der Waals surface area (Å²) in [5.74, 6) is -0.871. The molecule has 1 spiro atoms. The predicted molar refractivity (Wildman–Crippen MR) is 105 cm³/mol. The standard InChI is InChI=1S/C21H33O4P/c1-5-9-19(10-6-2)14(22)13-15(26)21(16(19)23)17(24)20(11-7-3,12-8-4)18(21)25/h15H,5-13,26H2,1-4H3. The van der Waals surface area contributed by atoms with Crippen molar-refractivity contribution in [3.05, 3.63) is 0 Å².